The molecule has 6 nitrogen and oxygen atoms in total. The maximum absolute atomic E-state index is 12.2. The van der Waals surface area contributed by atoms with Gasteiger partial charge in [-0.1, -0.05) is 12.1 Å². The van der Waals surface area contributed by atoms with Crippen LogP contribution in [0.1, 0.15) is 12.1 Å². The fraction of sp³-hybridized carbons (Fsp3) is 0.188. The van der Waals surface area contributed by atoms with Gasteiger partial charge in [-0.3, -0.25) is 14.0 Å². The van der Waals surface area contributed by atoms with E-state index in [0.29, 0.717) is 6.54 Å². The molecule has 8 heteroatoms. The number of aromatic nitrogens is 2. The van der Waals surface area contributed by atoms with Crippen LogP contribution in [0.25, 0.3) is 4.96 Å². The molecule has 0 bridgehead atoms. The predicted octanol–water partition coefficient (Wildman–Crippen LogP) is 2.52. The number of benzene rings is 1. The Morgan fingerprint density at radius 3 is 3.12 bits per heavy atom. The Morgan fingerprint density at radius 2 is 2.25 bits per heavy atom. The van der Waals surface area contributed by atoms with Gasteiger partial charge in [0, 0.05) is 29.1 Å². The highest BCUT2D eigenvalue weighted by molar-refractivity contribution is 8.01. The van der Waals surface area contributed by atoms with E-state index in [1.807, 2.05) is 46.4 Å². The molecule has 0 fully saturated rings. The first kappa shape index (κ1) is 15.2. The van der Waals surface area contributed by atoms with Crippen molar-refractivity contribution < 1.29 is 9.59 Å². The highest BCUT2D eigenvalue weighted by Gasteiger charge is 2.28. The molecule has 0 spiro atoms. The van der Waals surface area contributed by atoms with Crippen LogP contribution in [0.15, 0.2) is 46.9 Å². The molecule has 0 radical (unpaired) electrons. The van der Waals surface area contributed by atoms with Crippen LogP contribution in [-0.2, 0) is 16.1 Å². The minimum absolute atomic E-state index is 0.128. The Bertz CT molecular complexity index is 889. The summed E-state index contributed by atoms with van der Waals surface area (Å²) in [7, 11) is 0. The summed E-state index contributed by atoms with van der Waals surface area (Å²) in [5, 5.41) is 7.24. The number of imidazole rings is 1. The van der Waals surface area contributed by atoms with Crippen LogP contribution in [0.2, 0.25) is 0 Å². The van der Waals surface area contributed by atoms with Crippen LogP contribution >= 0.6 is 23.1 Å². The summed E-state index contributed by atoms with van der Waals surface area (Å²) in [6.45, 7) is 0.364. The second kappa shape index (κ2) is 6.29. The lowest BCUT2D eigenvalue weighted by atomic mass is 10.2. The lowest BCUT2D eigenvalue weighted by Crippen LogP contribution is -2.34. The Balaban J connectivity index is 1.36. The molecule has 1 atom stereocenters. The molecule has 24 heavy (non-hydrogen) atoms. The molecule has 0 aliphatic carbocycles. The smallest absolute Gasteiger partial charge is 0.238 e. The molecule has 3 aromatic rings. The average molecular weight is 358 g/mol. The molecule has 2 N–H and O–H groups in total. The highest BCUT2D eigenvalue weighted by atomic mass is 32.2. The van der Waals surface area contributed by atoms with Crippen molar-refractivity contribution in [2.75, 3.05) is 5.32 Å². The molecule has 3 heterocycles. The number of anilines is 1. The molecule has 2 aromatic heterocycles. The van der Waals surface area contributed by atoms with Crippen LogP contribution in [0.4, 0.5) is 5.69 Å². The number of nitrogens with one attached hydrogen (secondary N) is 2. The molecule has 4 rings (SSSR count). The molecule has 122 valence electrons. The lowest BCUT2D eigenvalue weighted by molar-refractivity contribution is -0.124. The molecule has 1 aromatic carbocycles. The molecule has 1 unspecified atom stereocenters. The van der Waals surface area contributed by atoms with Crippen molar-refractivity contribution in [1.82, 2.24) is 14.7 Å². The number of carbonyl (C=O) groups excluding carboxylic acids is 2. The number of thiazole rings is 1. The van der Waals surface area contributed by atoms with Crippen molar-refractivity contribution in [3.63, 3.8) is 0 Å². The number of amides is 2. The maximum Gasteiger partial charge on any atom is 0.238 e. The van der Waals surface area contributed by atoms with Gasteiger partial charge < -0.3 is 10.6 Å². The third-order valence-electron chi connectivity index (χ3n) is 3.69. The van der Waals surface area contributed by atoms with Gasteiger partial charge in [0.15, 0.2) is 4.96 Å². The normalized spacial score (nSPS) is 16.7. The monoisotopic (exact) mass is 358 g/mol. The molecule has 1 aliphatic heterocycles. The molecule has 0 saturated heterocycles. The summed E-state index contributed by atoms with van der Waals surface area (Å²) in [5.74, 6) is -0.283. The molecule has 1 aliphatic rings. The quantitative estimate of drug-likeness (QED) is 0.751. The average Bonchev–Trinajstić information content (AvgIpc) is 3.15. The van der Waals surface area contributed by atoms with E-state index in [9.17, 15) is 9.59 Å². The van der Waals surface area contributed by atoms with E-state index in [-0.39, 0.29) is 18.2 Å². The summed E-state index contributed by atoms with van der Waals surface area (Å²) in [6, 6.07) is 7.61. The van der Waals surface area contributed by atoms with Gasteiger partial charge in [0.2, 0.25) is 11.8 Å². The summed E-state index contributed by atoms with van der Waals surface area (Å²) in [5.41, 5.74) is 1.61. The first-order valence-electron chi connectivity index (χ1n) is 7.43. The van der Waals surface area contributed by atoms with Gasteiger partial charge in [0.1, 0.15) is 0 Å². The van der Waals surface area contributed by atoms with Crippen LogP contribution in [-0.4, -0.2) is 26.4 Å². The number of nitrogens with zero attached hydrogens (tertiary/aromatic N) is 2. The predicted molar refractivity (Wildman–Crippen MR) is 94.2 cm³/mol. The van der Waals surface area contributed by atoms with Crippen molar-refractivity contribution in [3.05, 3.63) is 47.7 Å². The topological polar surface area (TPSA) is 75.5 Å². The highest BCUT2D eigenvalue weighted by Crippen LogP contribution is 2.36. The van der Waals surface area contributed by atoms with E-state index in [1.165, 1.54) is 11.8 Å². The van der Waals surface area contributed by atoms with E-state index in [0.717, 1.165) is 21.2 Å². The summed E-state index contributed by atoms with van der Waals surface area (Å²) < 4.78 is 1.92. The molecule has 2 amide bonds. The van der Waals surface area contributed by atoms with Crippen LogP contribution in [0.5, 0.6) is 0 Å². The zero-order chi connectivity index (χ0) is 16.5. The van der Waals surface area contributed by atoms with Crippen LogP contribution < -0.4 is 10.6 Å². The van der Waals surface area contributed by atoms with Crippen molar-refractivity contribution >= 4 is 45.6 Å². The summed E-state index contributed by atoms with van der Waals surface area (Å²) >= 11 is 2.98. The van der Waals surface area contributed by atoms with E-state index in [1.54, 1.807) is 11.3 Å². The number of para-hydroxylation sites is 1. The van der Waals surface area contributed by atoms with Crippen molar-refractivity contribution in [2.24, 2.45) is 0 Å². The minimum Gasteiger partial charge on any atom is -0.350 e. The Kier molecular flexibility index (Phi) is 3.99. The van der Waals surface area contributed by atoms with E-state index >= 15 is 0 Å². The van der Waals surface area contributed by atoms with Gasteiger partial charge in [-0.05, 0) is 12.1 Å². The van der Waals surface area contributed by atoms with Gasteiger partial charge in [0.25, 0.3) is 0 Å². The van der Waals surface area contributed by atoms with Gasteiger partial charge in [0.05, 0.1) is 23.2 Å². The van der Waals surface area contributed by atoms with Crippen LogP contribution in [0.3, 0.4) is 0 Å². The lowest BCUT2D eigenvalue weighted by Gasteiger charge is -2.23. The van der Waals surface area contributed by atoms with Crippen molar-refractivity contribution in [1.29, 1.82) is 0 Å². The third kappa shape index (κ3) is 3.02. The third-order valence-corrected chi connectivity index (χ3v) is 5.73. The maximum atomic E-state index is 12.2. The zero-order valence-corrected chi connectivity index (χ0v) is 14.2. The fourth-order valence-electron chi connectivity index (χ4n) is 2.52. The second-order valence-corrected chi connectivity index (χ2v) is 7.52. The van der Waals surface area contributed by atoms with Crippen molar-refractivity contribution in [2.45, 2.75) is 23.1 Å². The van der Waals surface area contributed by atoms with Gasteiger partial charge in [-0.2, -0.15) is 0 Å². The van der Waals surface area contributed by atoms with E-state index in [4.69, 9.17) is 0 Å². The largest absolute Gasteiger partial charge is 0.350 e. The van der Waals surface area contributed by atoms with Gasteiger partial charge in [-0.15, -0.1) is 23.1 Å². The zero-order valence-electron chi connectivity index (χ0n) is 12.6. The number of thioether (sulfide) groups is 1. The number of rotatable bonds is 4. The first-order chi connectivity index (χ1) is 11.7. The first-order valence-corrected chi connectivity index (χ1v) is 9.19. The van der Waals surface area contributed by atoms with E-state index in [2.05, 4.69) is 15.6 Å². The molecule has 0 saturated carbocycles. The Morgan fingerprint density at radius 1 is 1.38 bits per heavy atom. The van der Waals surface area contributed by atoms with Gasteiger partial charge >= 0.3 is 0 Å². The van der Waals surface area contributed by atoms with Gasteiger partial charge in [-0.25, -0.2) is 4.98 Å². The second-order valence-electron chi connectivity index (χ2n) is 5.40. The molecular formula is C16H14N4O2S2. The number of carbonyl (C=O) groups is 2. The number of hydrogen-bond acceptors (Lipinski definition) is 5. The number of fused-ring (bicyclic) bond motifs is 2. The van der Waals surface area contributed by atoms with Crippen molar-refractivity contribution in [3.8, 4) is 0 Å². The molecular weight excluding hydrogens is 344 g/mol. The fourth-order valence-corrected chi connectivity index (χ4v) is 4.35. The minimum atomic E-state index is -0.412. The summed E-state index contributed by atoms with van der Waals surface area (Å²) in [4.78, 5) is 30.6. The SMILES string of the molecule is O=C(CC1Sc2ccccc2NC1=O)NCc1cn2ccsc2n1. The Hall–Kier alpha value is -2.32. The number of hydrogen-bond donors (Lipinski definition) is 2. The summed E-state index contributed by atoms with van der Waals surface area (Å²) in [6.07, 6.45) is 3.97. The van der Waals surface area contributed by atoms with E-state index < -0.39 is 5.25 Å². The standard InChI is InChI=1S/C16H14N4O2S2/c21-14(17-8-10-9-20-5-6-23-16(20)18-10)7-13-15(22)19-11-3-1-2-4-12(11)24-13/h1-6,9,13H,7-8H2,(H,17,21)(H,19,22). The Labute approximate surface area is 146 Å². The van der Waals surface area contributed by atoms with Crippen LogP contribution in [0, 0.1) is 0 Å².